The van der Waals surface area contributed by atoms with E-state index in [1.807, 2.05) is 45.1 Å². The van der Waals surface area contributed by atoms with Gasteiger partial charge >= 0.3 is 11.9 Å². The third-order valence-corrected chi connectivity index (χ3v) is 14.4. The van der Waals surface area contributed by atoms with Crippen molar-refractivity contribution in [3.8, 4) is 0 Å². The number of esters is 2. The van der Waals surface area contributed by atoms with Crippen molar-refractivity contribution in [3.63, 3.8) is 0 Å². The molecule has 65 heavy (non-hydrogen) atoms. The molecule has 3 aromatic heterocycles. The van der Waals surface area contributed by atoms with Crippen molar-refractivity contribution < 1.29 is 28.7 Å². The highest BCUT2D eigenvalue weighted by Crippen LogP contribution is 2.48. The van der Waals surface area contributed by atoms with E-state index in [-0.39, 0.29) is 36.6 Å². The van der Waals surface area contributed by atoms with Crippen LogP contribution in [0.5, 0.6) is 0 Å². The Kier molecular flexibility index (Phi) is 16.4. The summed E-state index contributed by atoms with van der Waals surface area (Å²) < 4.78 is 11.1. The van der Waals surface area contributed by atoms with Gasteiger partial charge in [0.1, 0.15) is 12.5 Å². The van der Waals surface area contributed by atoms with Gasteiger partial charge in [0.15, 0.2) is 12.1 Å². The smallest absolute Gasteiger partial charge is 0.321 e. The van der Waals surface area contributed by atoms with Gasteiger partial charge in [0.2, 0.25) is 0 Å². The summed E-state index contributed by atoms with van der Waals surface area (Å²) in [6.45, 7) is 23.9. The van der Waals surface area contributed by atoms with Crippen LogP contribution < -0.4 is 16.0 Å². The number of fused-ring (bicyclic) bond motifs is 7. The minimum atomic E-state index is -1.19. The summed E-state index contributed by atoms with van der Waals surface area (Å²) in [6, 6.07) is 0. The molecule has 0 aromatic carbocycles. The molecule has 10 heteroatoms. The van der Waals surface area contributed by atoms with Crippen molar-refractivity contribution in [2.24, 2.45) is 35.5 Å². The number of aromatic nitrogens is 3. The number of carbonyl (C=O) groups is 4. The molecule has 5 heterocycles. The van der Waals surface area contributed by atoms with E-state index in [4.69, 9.17) is 9.47 Å². The van der Waals surface area contributed by atoms with Gasteiger partial charge in [-0.2, -0.15) is 0 Å². The Morgan fingerprint density at radius 2 is 1.51 bits per heavy atom. The standard InChI is InChI=1S/C55H74N4O6/c1-12-38-35(8)42-27-43-36(9)40(23-24-48(61)65-26-25-34(7)22-16-21-33(6)20-15-19-32(5)18-14-17-31(3)4)52(58-43)50-51(55(63)64-11)54(62)49-37(10)44(59-53(49)50)28-46-39(13-2)41(30-60)47(57-46)29-45(38)56-42/h12,25,27-33,36,40,51,56-59H,1,13-24,26H2,2-11H3/b34-25+,43-27-,46-28-,47-29-,52-50-/t32-,33-,36+,40+,51-/m1/s1. The molecule has 0 radical (unpaired) electrons. The van der Waals surface area contributed by atoms with Gasteiger partial charge < -0.3 is 29.7 Å². The lowest BCUT2D eigenvalue weighted by Crippen LogP contribution is -2.25. The maximum atomic E-state index is 14.4. The SMILES string of the molecule is C=Cc1c2[nH]c(c1C)/C=C1\N/C(=C3\c4[nH]c(c(C)c4C(=O)[C@@H]3C(=O)OC)/C=c3\[nH]/c(c(C=O)c3CC)=C\2)[C@@H](CCC(=O)OC/C=C(\C)CCC[C@H](C)CCC[C@H](C)CCCC(C)C)[C@@H]1C. The summed E-state index contributed by atoms with van der Waals surface area (Å²) >= 11 is 0. The van der Waals surface area contributed by atoms with Gasteiger partial charge in [-0.25, -0.2) is 0 Å². The van der Waals surface area contributed by atoms with Crippen LogP contribution in [0.2, 0.25) is 0 Å². The normalized spacial score (nSPS) is 21.8. The number of ketones is 1. The van der Waals surface area contributed by atoms with Crippen molar-refractivity contribution >= 4 is 53.9 Å². The molecule has 0 amide bonds. The first-order valence-corrected chi connectivity index (χ1v) is 24.2. The first kappa shape index (κ1) is 49.1. The number of H-pyrrole nitrogens is 3. The van der Waals surface area contributed by atoms with Gasteiger partial charge in [-0.3, -0.25) is 19.2 Å². The molecule has 1 saturated heterocycles. The number of carbonyl (C=O) groups excluding carboxylic acids is 4. The summed E-state index contributed by atoms with van der Waals surface area (Å²) in [7, 11) is 1.30. The minimum Gasteiger partial charge on any atom is -0.468 e. The number of aromatic amines is 3. The Labute approximate surface area is 386 Å². The molecule has 4 N–H and O–H groups in total. The lowest BCUT2D eigenvalue weighted by molar-refractivity contribution is -0.143. The number of ether oxygens (including phenoxy) is 2. The fraction of sp³-hybridized carbons (Fsp3) is 0.527. The highest BCUT2D eigenvalue weighted by atomic mass is 16.5. The van der Waals surface area contributed by atoms with E-state index in [0.717, 1.165) is 70.1 Å². The second-order valence-corrected chi connectivity index (χ2v) is 19.6. The Balaban J connectivity index is 1.23. The summed E-state index contributed by atoms with van der Waals surface area (Å²) in [4.78, 5) is 64.7. The Bertz CT molecular complexity index is 2500. The van der Waals surface area contributed by atoms with Crippen LogP contribution in [0.1, 0.15) is 185 Å². The Morgan fingerprint density at radius 1 is 0.846 bits per heavy atom. The van der Waals surface area contributed by atoms with Crippen LogP contribution in [0, 0.1) is 49.4 Å². The largest absolute Gasteiger partial charge is 0.468 e. The molecule has 0 spiro atoms. The van der Waals surface area contributed by atoms with Crippen molar-refractivity contribution in [2.45, 2.75) is 139 Å². The van der Waals surface area contributed by atoms with E-state index in [2.05, 4.69) is 74.5 Å². The van der Waals surface area contributed by atoms with Crippen LogP contribution in [0.3, 0.4) is 0 Å². The van der Waals surface area contributed by atoms with Crippen LogP contribution in [-0.4, -0.2) is 52.7 Å². The van der Waals surface area contributed by atoms with Gasteiger partial charge in [-0.05, 0) is 105 Å². The van der Waals surface area contributed by atoms with Gasteiger partial charge in [0.05, 0.1) is 18.2 Å². The topological polar surface area (TPSA) is 146 Å². The molecule has 3 aromatic rings. The zero-order valence-electron chi connectivity index (χ0n) is 40.8. The van der Waals surface area contributed by atoms with Gasteiger partial charge in [0, 0.05) is 74.3 Å². The number of hydrogen-bond donors (Lipinski definition) is 4. The van der Waals surface area contributed by atoms with E-state index in [0.29, 0.717) is 63.5 Å². The number of aldehydes is 1. The second kappa shape index (κ2) is 21.7. The maximum absolute atomic E-state index is 14.4. The third kappa shape index (κ3) is 10.8. The van der Waals surface area contributed by atoms with E-state index >= 15 is 0 Å². The van der Waals surface area contributed by atoms with Gasteiger partial charge in [-0.1, -0.05) is 105 Å². The molecule has 8 bridgehead atoms. The van der Waals surface area contributed by atoms with E-state index in [1.165, 1.54) is 57.6 Å². The minimum absolute atomic E-state index is 0.134. The van der Waals surface area contributed by atoms with E-state index in [1.54, 1.807) is 0 Å². The Hall–Kier alpha value is -5.38. The maximum Gasteiger partial charge on any atom is 0.321 e. The lowest BCUT2D eigenvalue weighted by atomic mass is 9.85. The van der Waals surface area contributed by atoms with Crippen molar-refractivity contribution in [1.82, 2.24) is 20.3 Å². The van der Waals surface area contributed by atoms with Crippen LogP contribution in [0.25, 0.3) is 29.9 Å². The van der Waals surface area contributed by atoms with Crippen LogP contribution in [0.15, 0.2) is 29.6 Å². The quantitative estimate of drug-likeness (QED) is 0.0361. The molecule has 10 nitrogen and oxygen atoms in total. The molecular weight excluding hydrogens is 813 g/mol. The molecule has 1 aliphatic carbocycles. The molecule has 3 aliphatic rings. The average molecular weight is 887 g/mol. The summed E-state index contributed by atoms with van der Waals surface area (Å²) in [5.74, 6) is -0.546. The second-order valence-electron chi connectivity index (χ2n) is 19.6. The number of methoxy groups -OCH3 is 1. The van der Waals surface area contributed by atoms with Crippen LogP contribution >= 0.6 is 0 Å². The molecule has 6 rings (SSSR count). The number of rotatable bonds is 21. The monoisotopic (exact) mass is 887 g/mol. The number of hydrogen-bond acceptors (Lipinski definition) is 7. The Morgan fingerprint density at radius 3 is 2.15 bits per heavy atom. The zero-order valence-corrected chi connectivity index (χ0v) is 40.8. The molecule has 0 saturated carbocycles. The first-order chi connectivity index (χ1) is 31.1. The summed E-state index contributed by atoms with van der Waals surface area (Å²) in [5.41, 5.74) is 10.6. The molecule has 2 aliphatic heterocycles. The fourth-order valence-corrected chi connectivity index (χ4v) is 10.4. The number of nitrogens with one attached hydrogen (secondary N) is 4. The highest BCUT2D eigenvalue weighted by molar-refractivity contribution is 6.24. The average Bonchev–Trinajstić information content (AvgIpc) is 4.02. The molecule has 5 atom stereocenters. The highest BCUT2D eigenvalue weighted by Gasteiger charge is 2.48. The van der Waals surface area contributed by atoms with Crippen molar-refractivity contribution in [3.05, 3.63) is 96.5 Å². The predicted octanol–water partition coefficient (Wildman–Crippen LogP) is 10.6. The van der Waals surface area contributed by atoms with Crippen molar-refractivity contribution in [2.75, 3.05) is 13.7 Å². The number of allylic oxidation sites excluding steroid dienone is 3. The predicted molar refractivity (Wildman–Crippen MR) is 262 cm³/mol. The van der Waals surface area contributed by atoms with E-state index < -0.39 is 11.9 Å². The summed E-state index contributed by atoms with van der Waals surface area (Å²) in [6.07, 6.45) is 23.1. The molecular formula is C55H74N4O6. The zero-order chi connectivity index (χ0) is 47.1. The first-order valence-electron chi connectivity index (χ1n) is 24.2. The summed E-state index contributed by atoms with van der Waals surface area (Å²) in [5, 5.41) is 5.08. The van der Waals surface area contributed by atoms with E-state index in [9.17, 15) is 19.2 Å². The molecule has 0 unspecified atom stereocenters. The van der Waals surface area contributed by atoms with Crippen LogP contribution in [-0.2, 0) is 25.5 Å². The van der Waals surface area contributed by atoms with Crippen molar-refractivity contribution in [1.29, 1.82) is 0 Å². The number of Topliss-reactive ketones (excluding diaryl/α,β-unsaturated/α-hetero) is 1. The lowest BCUT2D eigenvalue weighted by Gasteiger charge is -2.19. The fourth-order valence-electron chi connectivity index (χ4n) is 10.4. The van der Waals surface area contributed by atoms with Gasteiger partial charge in [-0.15, -0.1) is 0 Å². The molecule has 1 fully saturated rings. The molecule has 350 valence electrons. The van der Waals surface area contributed by atoms with Crippen LogP contribution in [0.4, 0.5) is 0 Å². The third-order valence-electron chi connectivity index (χ3n) is 14.4. The van der Waals surface area contributed by atoms with Gasteiger partial charge in [0.25, 0.3) is 0 Å².